The van der Waals surface area contributed by atoms with Crippen LogP contribution in [0.4, 0.5) is 10.2 Å². The number of pyridine rings is 1. The highest BCUT2D eigenvalue weighted by molar-refractivity contribution is 7.99. The Morgan fingerprint density at radius 2 is 2.27 bits per heavy atom. The van der Waals surface area contributed by atoms with Crippen molar-refractivity contribution in [1.29, 1.82) is 0 Å². The zero-order valence-electron chi connectivity index (χ0n) is 17.6. The number of hydrogen-bond donors (Lipinski definition) is 1. The number of morpholine rings is 1. The summed E-state index contributed by atoms with van der Waals surface area (Å²) in [6.07, 6.45) is 0.00220. The molecule has 2 aromatic rings. The third-order valence-electron chi connectivity index (χ3n) is 4.84. The van der Waals surface area contributed by atoms with Crippen LogP contribution in [0.25, 0.3) is 0 Å². The zero-order valence-corrected chi connectivity index (χ0v) is 18.4. The lowest BCUT2D eigenvalue weighted by molar-refractivity contribution is -0.0102. The first kappa shape index (κ1) is 22.5. The number of amides is 1. The van der Waals surface area contributed by atoms with E-state index in [0.717, 1.165) is 23.7 Å². The second-order valence-electron chi connectivity index (χ2n) is 7.12. The average Bonchev–Trinajstić information content (AvgIpc) is 2.72. The first-order chi connectivity index (χ1) is 14.5. The number of aryl methyl sites for hydroxylation is 1. The molecule has 0 aliphatic carbocycles. The molecule has 0 bridgehead atoms. The van der Waals surface area contributed by atoms with Crippen molar-refractivity contribution in [3.63, 3.8) is 0 Å². The van der Waals surface area contributed by atoms with Gasteiger partial charge in [0.25, 0.3) is 5.91 Å². The van der Waals surface area contributed by atoms with E-state index in [2.05, 4.69) is 10.2 Å². The van der Waals surface area contributed by atoms with Gasteiger partial charge in [0.1, 0.15) is 16.7 Å². The molecule has 1 N–H and O–H groups in total. The van der Waals surface area contributed by atoms with Crippen molar-refractivity contribution in [2.45, 2.75) is 31.5 Å². The number of anilines is 1. The number of thioether (sulfide) groups is 1. The molecule has 30 heavy (non-hydrogen) atoms. The fourth-order valence-electron chi connectivity index (χ4n) is 3.44. The van der Waals surface area contributed by atoms with Crippen LogP contribution in [0.1, 0.15) is 28.4 Å². The summed E-state index contributed by atoms with van der Waals surface area (Å²) in [6.45, 7) is 6.81. The van der Waals surface area contributed by atoms with Gasteiger partial charge in [-0.25, -0.2) is 9.37 Å². The SMILES string of the molecule is CCSc1nc(N2CCO[C@@H](COC)C2)cc(C)c1C(=O)NCc1cccc(F)c1. The van der Waals surface area contributed by atoms with Gasteiger partial charge in [-0.05, 0) is 42.0 Å². The van der Waals surface area contributed by atoms with Crippen molar-refractivity contribution in [3.05, 3.63) is 52.8 Å². The molecule has 0 saturated carbocycles. The van der Waals surface area contributed by atoms with Gasteiger partial charge in [-0.3, -0.25) is 4.79 Å². The van der Waals surface area contributed by atoms with Crippen molar-refractivity contribution in [2.75, 3.05) is 44.1 Å². The molecule has 1 atom stereocenters. The maximum atomic E-state index is 13.4. The number of carbonyl (C=O) groups excluding carboxylic acids is 1. The van der Waals surface area contributed by atoms with E-state index < -0.39 is 0 Å². The van der Waals surface area contributed by atoms with E-state index in [1.807, 2.05) is 19.9 Å². The Morgan fingerprint density at radius 1 is 1.43 bits per heavy atom. The molecule has 8 heteroatoms. The normalized spacial score (nSPS) is 16.5. The lowest BCUT2D eigenvalue weighted by atomic mass is 10.1. The van der Waals surface area contributed by atoms with Crippen LogP contribution in [0.2, 0.25) is 0 Å². The number of nitrogens with zero attached hydrogens (tertiary/aromatic N) is 2. The summed E-state index contributed by atoms with van der Waals surface area (Å²) >= 11 is 1.54. The van der Waals surface area contributed by atoms with Gasteiger partial charge in [0.15, 0.2) is 0 Å². The summed E-state index contributed by atoms with van der Waals surface area (Å²) < 4.78 is 24.3. The first-order valence-electron chi connectivity index (χ1n) is 10.0. The second-order valence-corrected chi connectivity index (χ2v) is 8.37. The number of hydrogen-bond acceptors (Lipinski definition) is 6. The van der Waals surface area contributed by atoms with Crippen molar-refractivity contribution in [2.24, 2.45) is 0 Å². The van der Waals surface area contributed by atoms with Gasteiger partial charge >= 0.3 is 0 Å². The molecule has 0 unspecified atom stereocenters. The third kappa shape index (κ3) is 5.71. The Balaban J connectivity index is 1.79. The molecule has 1 fully saturated rings. The standard InChI is InChI=1S/C22H28FN3O3S/c1-4-30-22-20(21(27)24-12-16-6-5-7-17(23)11-16)15(2)10-19(25-22)26-8-9-29-18(13-26)14-28-3/h5-7,10-11,18H,4,8-9,12-14H2,1-3H3,(H,24,27)/t18-/m1/s1. The maximum Gasteiger partial charge on any atom is 0.254 e. The van der Waals surface area contributed by atoms with Crippen molar-refractivity contribution >= 4 is 23.5 Å². The number of aromatic nitrogens is 1. The zero-order chi connectivity index (χ0) is 21.5. The summed E-state index contributed by atoms with van der Waals surface area (Å²) in [6, 6.07) is 8.18. The molecule has 1 aliphatic heterocycles. The van der Waals surface area contributed by atoms with Gasteiger partial charge in [-0.2, -0.15) is 0 Å². The number of methoxy groups -OCH3 is 1. The largest absolute Gasteiger partial charge is 0.382 e. The number of benzene rings is 1. The van der Waals surface area contributed by atoms with Crippen LogP contribution in [-0.4, -0.2) is 56.2 Å². The average molecular weight is 434 g/mol. The Hall–Kier alpha value is -2.16. The summed E-state index contributed by atoms with van der Waals surface area (Å²) in [5.74, 6) is 1.12. The molecule has 2 heterocycles. The second kappa shape index (κ2) is 10.7. The quantitative estimate of drug-likeness (QED) is 0.644. The Labute approximate surface area is 181 Å². The number of halogens is 1. The minimum Gasteiger partial charge on any atom is -0.382 e. The fraction of sp³-hybridized carbons (Fsp3) is 0.455. The lowest BCUT2D eigenvalue weighted by Crippen LogP contribution is -2.44. The molecule has 6 nitrogen and oxygen atoms in total. The van der Waals surface area contributed by atoms with Crippen molar-refractivity contribution in [3.8, 4) is 0 Å². The number of nitrogens with one attached hydrogen (secondary N) is 1. The third-order valence-corrected chi connectivity index (χ3v) is 5.69. The van der Waals surface area contributed by atoms with Gasteiger partial charge in [-0.15, -0.1) is 11.8 Å². The summed E-state index contributed by atoms with van der Waals surface area (Å²) in [5, 5.41) is 3.60. The monoisotopic (exact) mass is 433 g/mol. The van der Waals surface area contributed by atoms with Gasteiger partial charge in [0.2, 0.25) is 0 Å². The summed E-state index contributed by atoms with van der Waals surface area (Å²) in [5.41, 5.74) is 2.15. The predicted octanol–water partition coefficient (Wildman–Crippen LogP) is 3.42. The van der Waals surface area contributed by atoms with E-state index in [1.54, 1.807) is 31.0 Å². The molecular weight excluding hydrogens is 405 g/mol. The molecule has 0 spiro atoms. The Morgan fingerprint density at radius 3 is 3.00 bits per heavy atom. The smallest absolute Gasteiger partial charge is 0.254 e. The molecular formula is C22H28FN3O3S. The van der Waals surface area contributed by atoms with Crippen LogP contribution >= 0.6 is 11.8 Å². The molecule has 3 rings (SSSR count). The van der Waals surface area contributed by atoms with Crippen LogP contribution in [0.3, 0.4) is 0 Å². The molecule has 162 valence electrons. The van der Waals surface area contributed by atoms with Crippen molar-refractivity contribution < 1.29 is 18.7 Å². The van der Waals surface area contributed by atoms with Crippen LogP contribution in [0.15, 0.2) is 35.4 Å². The fourth-order valence-corrected chi connectivity index (χ4v) is 4.27. The minimum atomic E-state index is -0.316. The molecule has 1 aliphatic rings. The Bertz CT molecular complexity index is 879. The number of ether oxygens (including phenoxy) is 2. The van der Waals surface area contributed by atoms with Crippen LogP contribution in [0.5, 0.6) is 0 Å². The maximum absolute atomic E-state index is 13.4. The topological polar surface area (TPSA) is 63.7 Å². The van der Waals surface area contributed by atoms with E-state index in [-0.39, 0.29) is 24.4 Å². The highest BCUT2D eigenvalue weighted by Crippen LogP contribution is 2.28. The molecule has 1 saturated heterocycles. The highest BCUT2D eigenvalue weighted by Gasteiger charge is 2.24. The molecule has 1 aromatic carbocycles. The summed E-state index contributed by atoms with van der Waals surface area (Å²) in [7, 11) is 1.66. The molecule has 1 aromatic heterocycles. The van der Waals surface area contributed by atoms with Gasteiger partial charge in [0, 0.05) is 26.7 Å². The molecule has 1 amide bonds. The van der Waals surface area contributed by atoms with Crippen LogP contribution < -0.4 is 10.2 Å². The predicted molar refractivity (Wildman–Crippen MR) is 117 cm³/mol. The van der Waals surface area contributed by atoms with Gasteiger partial charge < -0.3 is 19.7 Å². The minimum absolute atomic E-state index is 0.00220. The van der Waals surface area contributed by atoms with Crippen LogP contribution in [-0.2, 0) is 16.0 Å². The lowest BCUT2D eigenvalue weighted by Gasteiger charge is -2.34. The van der Waals surface area contributed by atoms with E-state index >= 15 is 0 Å². The Kier molecular flexibility index (Phi) is 8.07. The van der Waals surface area contributed by atoms with E-state index in [0.29, 0.717) is 35.9 Å². The van der Waals surface area contributed by atoms with Crippen LogP contribution in [0, 0.1) is 12.7 Å². The van der Waals surface area contributed by atoms with Gasteiger partial charge in [-0.1, -0.05) is 19.1 Å². The van der Waals surface area contributed by atoms with E-state index in [9.17, 15) is 9.18 Å². The van der Waals surface area contributed by atoms with Crippen molar-refractivity contribution in [1.82, 2.24) is 10.3 Å². The van der Waals surface area contributed by atoms with E-state index in [1.165, 1.54) is 12.1 Å². The van der Waals surface area contributed by atoms with E-state index in [4.69, 9.17) is 14.5 Å². The number of rotatable bonds is 8. The first-order valence-corrected chi connectivity index (χ1v) is 11.0. The van der Waals surface area contributed by atoms with Gasteiger partial charge in [0.05, 0.1) is 24.9 Å². The summed E-state index contributed by atoms with van der Waals surface area (Å²) in [4.78, 5) is 19.9. The number of carbonyl (C=O) groups is 1. The highest BCUT2D eigenvalue weighted by atomic mass is 32.2. The molecule has 0 radical (unpaired) electrons.